The molecule has 2 aromatic rings. The molecule has 21 heavy (non-hydrogen) atoms. The Morgan fingerprint density at radius 1 is 1.10 bits per heavy atom. The zero-order valence-electron chi connectivity index (χ0n) is 11.1. The fourth-order valence-electron chi connectivity index (χ4n) is 2.65. The van der Waals surface area contributed by atoms with Crippen molar-refractivity contribution >= 4 is 28.9 Å². The van der Waals surface area contributed by atoms with Gasteiger partial charge < -0.3 is 10.4 Å². The Bertz CT molecular complexity index is 648. The molecule has 0 spiro atoms. The van der Waals surface area contributed by atoms with Gasteiger partial charge in [-0.05, 0) is 48.6 Å². The lowest BCUT2D eigenvalue weighted by Gasteiger charge is -2.37. The summed E-state index contributed by atoms with van der Waals surface area (Å²) in [7, 11) is 0. The van der Waals surface area contributed by atoms with E-state index in [4.69, 9.17) is 23.2 Å². The molecule has 0 atom stereocenters. The summed E-state index contributed by atoms with van der Waals surface area (Å²) in [5, 5.41) is 13.3. The SMILES string of the molecule is Oc1c(Cl)cc(NC2CC(c3cccc(F)c3)C2)cc1Cl. The van der Waals surface area contributed by atoms with Crippen molar-refractivity contribution < 1.29 is 9.50 Å². The smallest absolute Gasteiger partial charge is 0.152 e. The minimum Gasteiger partial charge on any atom is -0.505 e. The maximum absolute atomic E-state index is 13.2. The first-order valence-corrected chi connectivity index (χ1v) is 7.48. The minimum absolute atomic E-state index is 0.102. The van der Waals surface area contributed by atoms with Crippen molar-refractivity contribution in [2.75, 3.05) is 5.32 Å². The lowest BCUT2D eigenvalue weighted by molar-refractivity contribution is 0.373. The molecular formula is C16H14Cl2FNO. The van der Waals surface area contributed by atoms with Gasteiger partial charge in [0.1, 0.15) is 5.82 Å². The van der Waals surface area contributed by atoms with Crippen molar-refractivity contribution in [3.63, 3.8) is 0 Å². The van der Waals surface area contributed by atoms with Crippen LogP contribution in [0.3, 0.4) is 0 Å². The zero-order valence-corrected chi connectivity index (χ0v) is 12.6. The van der Waals surface area contributed by atoms with Crippen LogP contribution in [0.4, 0.5) is 10.1 Å². The second-order valence-corrected chi connectivity index (χ2v) is 6.17. The van der Waals surface area contributed by atoms with Crippen LogP contribution in [0.1, 0.15) is 24.3 Å². The van der Waals surface area contributed by atoms with Gasteiger partial charge in [0, 0.05) is 11.7 Å². The second-order valence-electron chi connectivity index (χ2n) is 5.35. The normalized spacial score (nSPS) is 20.9. The van der Waals surface area contributed by atoms with Crippen LogP contribution in [0.5, 0.6) is 5.75 Å². The number of aromatic hydroxyl groups is 1. The van der Waals surface area contributed by atoms with E-state index < -0.39 is 0 Å². The van der Waals surface area contributed by atoms with E-state index in [-0.39, 0.29) is 21.6 Å². The van der Waals surface area contributed by atoms with Crippen LogP contribution in [-0.2, 0) is 0 Å². The third-order valence-electron chi connectivity index (χ3n) is 3.85. The maximum Gasteiger partial charge on any atom is 0.152 e. The Morgan fingerprint density at radius 3 is 2.38 bits per heavy atom. The summed E-state index contributed by atoms with van der Waals surface area (Å²) in [4.78, 5) is 0. The Kier molecular flexibility index (Phi) is 3.96. The van der Waals surface area contributed by atoms with Gasteiger partial charge in [0.05, 0.1) is 10.0 Å². The quantitative estimate of drug-likeness (QED) is 0.760. The summed E-state index contributed by atoms with van der Waals surface area (Å²) in [6.07, 6.45) is 1.86. The van der Waals surface area contributed by atoms with E-state index in [0.717, 1.165) is 24.1 Å². The summed E-state index contributed by atoms with van der Waals surface area (Å²) >= 11 is 11.8. The third kappa shape index (κ3) is 3.09. The monoisotopic (exact) mass is 325 g/mol. The Hall–Kier alpha value is -1.45. The van der Waals surface area contributed by atoms with Gasteiger partial charge in [0.25, 0.3) is 0 Å². The average molecular weight is 326 g/mol. The van der Waals surface area contributed by atoms with Gasteiger partial charge >= 0.3 is 0 Å². The van der Waals surface area contributed by atoms with Crippen molar-refractivity contribution in [1.82, 2.24) is 0 Å². The highest BCUT2D eigenvalue weighted by molar-refractivity contribution is 6.37. The van der Waals surface area contributed by atoms with Crippen molar-refractivity contribution in [3.05, 3.63) is 57.8 Å². The van der Waals surface area contributed by atoms with Gasteiger partial charge in [-0.2, -0.15) is 0 Å². The van der Waals surface area contributed by atoms with Crippen LogP contribution >= 0.6 is 23.2 Å². The second kappa shape index (κ2) is 5.74. The largest absolute Gasteiger partial charge is 0.505 e. The molecule has 0 heterocycles. The number of halogens is 3. The first-order chi connectivity index (χ1) is 10.0. The van der Waals surface area contributed by atoms with Crippen LogP contribution in [0, 0.1) is 5.82 Å². The number of hydrogen-bond donors (Lipinski definition) is 2. The van der Waals surface area contributed by atoms with E-state index in [1.54, 1.807) is 24.3 Å². The lowest BCUT2D eigenvalue weighted by atomic mass is 9.76. The summed E-state index contributed by atoms with van der Waals surface area (Å²) in [6.45, 7) is 0. The zero-order chi connectivity index (χ0) is 15.0. The molecule has 2 N–H and O–H groups in total. The molecule has 1 aliphatic carbocycles. The molecule has 0 aliphatic heterocycles. The van der Waals surface area contributed by atoms with E-state index in [1.165, 1.54) is 6.07 Å². The molecule has 1 saturated carbocycles. The topological polar surface area (TPSA) is 32.3 Å². The number of nitrogens with one attached hydrogen (secondary N) is 1. The Labute approximate surface area is 132 Å². The standard InChI is InChI=1S/C16H14Cl2FNO/c17-14-7-13(8-15(18)16(14)21)20-12-5-10(6-12)9-2-1-3-11(19)4-9/h1-4,7-8,10,12,20-21H,5-6H2. The highest BCUT2D eigenvalue weighted by Gasteiger charge is 2.30. The fourth-order valence-corrected chi connectivity index (χ4v) is 3.14. The van der Waals surface area contributed by atoms with Crippen molar-refractivity contribution in [1.29, 1.82) is 0 Å². The highest BCUT2D eigenvalue weighted by Crippen LogP contribution is 2.40. The molecule has 0 saturated heterocycles. The summed E-state index contributed by atoms with van der Waals surface area (Å²) in [6, 6.07) is 10.3. The number of rotatable bonds is 3. The van der Waals surface area contributed by atoms with E-state index in [2.05, 4.69) is 5.32 Å². The molecule has 2 nitrogen and oxygen atoms in total. The van der Waals surface area contributed by atoms with Crippen molar-refractivity contribution in [2.24, 2.45) is 0 Å². The Morgan fingerprint density at radius 2 is 1.76 bits per heavy atom. The van der Waals surface area contributed by atoms with E-state index in [9.17, 15) is 9.50 Å². The molecule has 0 radical (unpaired) electrons. The summed E-state index contributed by atoms with van der Waals surface area (Å²) < 4.78 is 13.2. The molecule has 3 rings (SSSR count). The summed E-state index contributed by atoms with van der Waals surface area (Å²) in [5.74, 6) is 0.0809. The van der Waals surface area contributed by atoms with Gasteiger partial charge in [0.15, 0.2) is 5.75 Å². The predicted octanol–water partition coefficient (Wildman–Crippen LogP) is 5.20. The molecule has 2 aromatic carbocycles. The number of benzene rings is 2. The van der Waals surface area contributed by atoms with E-state index in [1.807, 2.05) is 6.07 Å². The number of anilines is 1. The van der Waals surface area contributed by atoms with Crippen molar-refractivity contribution in [2.45, 2.75) is 24.8 Å². The maximum atomic E-state index is 13.2. The number of phenolic OH excluding ortho intramolecular Hbond substituents is 1. The molecule has 0 bridgehead atoms. The van der Waals surface area contributed by atoms with Gasteiger partial charge in [-0.25, -0.2) is 4.39 Å². The fraction of sp³-hybridized carbons (Fsp3) is 0.250. The molecule has 5 heteroatoms. The highest BCUT2D eigenvalue weighted by atomic mass is 35.5. The van der Waals surface area contributed by atoms with Gasteiger partial charge in [-0.1, -0.05) is 35.3 Å². The molecule has 0 unspecified atom stereocenters. The lowest BCUT2D eigenvalue weighted by Crippen LogP contribution is -2.34. The molecule has 1 fully saturated rings. The summed E-state index contributed by atoms with van der Waals surface area (Å²) in [5.41, 5.74) is 1.82. The molecule has 1 aliphatic rings. The number of phenols is 1. The van der Waals surface area contributed by atoms with E-state index >= 15 is 0 Å². The first kappa shape index (κ1) is 14.5. The van der Waals surface area contributed by atoms with Crippen LogP contribution in [0.15, 0.2) is 36.4 Å². The van der Waals surface area contributed by atoms with Crippen LogP contribution in [0.2, 0.25) is 10.0 Å². The Balaban J connectivity index is 1.62. The third-order valence-corrected chi connectivity index (χ3v) is 4.42. The number of hydrogen-bond acceptors (Lipinski definition) is 2. The van der Waals surface area contributed by atoms with E-state index in [0.29, 0.717) is 12.0 Å². The van der Waals surface area contributed by atoms with Crippen LogP contribution in [0.25, 0.3) is 0 Å². The molecule has 0 aromatic heterocycles. The minimum atomic E-state index is -0.194. The van der Waals surface area contributed by atoms with Gasteiger partial charge in [0.2, 0.25) is 0 Å². The van der Waals surface area contributed by atoms with Crippen LogP contribution in [-0.4, -0.2) is 11.1 Å². The van der Waals surface area contributed by atoms with Gasteiger partial charge in [-0.15, -0.1) is 0 Å². The average Bonchev–Trinajstić information content (AvgIpc) is 2.39. The molecular weight excluding hydrogens is 312 g/mol. The predicted molar refractivity (Wildman–Crippen MR) is 83.9 cm³/mol. The van der Waals surface area contributed by atoms with Gasteiger partial charge in [-0.3, -0.25) is 0 Å². The molecule has 0 amide bonds. The molecule has 110 valence electrons. The van der Waals surface area contributed by atoms with Crippen molar-refractivity contribution in [3.8, 4) is 5.75 Å². The first-order valence-electron chi connectivity index (χ1n) is 6.73. The van der Waals surface area contributed by atoms with Crippen LogP contribution < -0.4 is 5.32 Å².